The standard InChI is InChI=1S/C18H33NO9/c1-18(2,3)28-17(21)19-13-7-12(8-20)14(25-9-22-4)16(27-11-24-6)15(13)26-10-23-5/h7,13-16,20H,8-11H2,1-6H3,(H,19,21)/t13-,14-,15-,16-/m0/s1. The molecular formula is C18H33NO9. The molecule has 0 heterocycles. The largest absolute Gasteiger partial charge is 0.444 e. The molecule has 0 saturated carbocycles. The summed E-state index contributed by atoms with van der Waals surface area (Å²) in [6, 6.07) is -0.656. The maximum absolute atomic E-state index is 12.3. The zero-order valence-corrected chi connectivity index (χ0v) is 17.4. The zero-order chi connectivity index (χ0) is 21.2. The Balaban J connectivity index is 3.14. The molecule has 0 aromatic heterocycles. The highest BCUT2D eigenvalue weighted by molar-refractivity contribution is 5.68. The Morgan fingerprint density at radius 3 is 2.04 bits per heavy atom. The van der Waals surface area contributed by atoms with Gasteiger partial charge in [0, 0.05) is 21.3 Å². The summed E-state index contributed by atoms with van der Waals surface area (Å²) in [6.07, 6.45) is -1.04. The maximum Gasteiger partial charge on any atom is 0.408 e. The molecule has 4 atom stereocenters. The Morgan fingerprint density at radius 1 is 1.00 bits per heavy atom. The van der Waals surface area contributed by atoms with Crippen molar-refractivity contribution >= 4 is 6.09 Å². The zero-order valence-electron chi connectivity index (χ0n) is 17.4. The van der Waals surface area contributed by atoms with Crippen molar-refractivity contribution < 1.29 is 43.1 Å². The molecule has 0 aliphatic heterocycles. The molecule has 0 radical (unpaired) electrons. The Hall–Kier alpha value is -1.27. The van der Waals surface area contributed by atoms with Crippen molar-refractivity contribution in [2.24, 2.45) is 0 Å². The van der Waals surface area contributed by atoms with Crippen LogP contribution in [0.25, 0.3) is 0 Å². The molecule has 0 aromatic carbocycles. The van der Waals surface area contributed by atoms with Crippen LogP contribution < -0.4 is 5.32 Å². The highest BCUT2D eigenvalue weighted by Crippen LogP contribution is 2.28. The Morgan fingerprint density at radius 2 is 1.54 bits per heavy atom. The second-order valence-electron chi connectivity index (χ2n) is 7.14. The van der Waals surface area contributed by atoms with E-state index in [1.807, 2.05) is 0 Å². The van der Waals surface area contributed by atoms with Crippen molar-refractivity contribution in [3.05, 3.63) is 11.6 Å². The van der Waals surface area contributed by atoms with Crippen molar-refractivity contribution in [3.8, 4) is 0 Å². The van der Waals surface area contributed by atoms with Crippen molar-refractivity contribution in [3.63, 3.8) is 0 Å². The van der Waals surface area contributed by atoms with Crippen LogP contribution in [0, 0.1) is 0 Å². The van der Waals surface area contributed by atoms with E-state index in [2.05, 4.69) is 5.32 Å². The van der Waals surface area contributed by atoms with Gasteiger partial charge in [-0.15, -0.1) is 0 Å². The van der Waals surface area contributed by atoms with Crippen molar-refractivity contribution in [1.82, 2.24) is 5.32 Å². The summed E-state index contributed by atoms with van der Waals surface area (Å²) in [5, 5.41) is 12.6. The molecule has 164 valence electrons. The van der Waals surface area contributed by atoms with Crippen LogP contribution >= 0.6 is 0 Å². The highest BCUT2D eigenvalue weighted by atomic mass is 16.7. The number of hydrogen-bond acceptors (Lipinski definition) is 9. The van der Waals surface area contributed by atoms with Gasteiger partial charge < -0.3 is 43.6 Å². The number of nitrogens with one attached hydrogen (secondary N) is 1. The van der Waals surface area contributed by atoms with Crippen LogP contribution in [-0.2, 0) is 33.2 Å². The summed E-state index contributed by atoms with van der Waals surface area (Å²) < 4.78 is 37.6. The first kappa shape index (κ1) is 24.8. The van der Waals surface area contributed by atoms with Crippen LogP contribution in [0.15, 0.2) is 11.6 Å². The van der Waals surface area contributed by atoms with Crippen molar-refractivity contribution in [1.29, 1.82) is 0 Å². The monoisotopic (exact) mass is 407 g/mol. The van der Waals surface area contributed by atoms with Crippen molar-refractivity contribution in [2.45, 2.75) is 50.7 Å². The maximum atomic E-state index is 12.3. The first-order chi connectivity index (χ1) is 13.3. The molecule has 0 saturated heterocycles. The topological polar surface area (TPSA) is 114 Å². The van der Waals surface area contributed by atoms with E-state index in [9.17, 15) is 9.90 Å². The quantitative estimate of drug-likeness (QED) is 0.379. The van der Waals surface area contributed by atoms with E-state index in [-0.39, 0.29) is 27.0 Å². The van der Waals surface area contributed by atoms with Gasteiger partial charge in [0.15, 0.2) is 0 Å². The third-order valence-corrected chi connectivity index (χ3v) is 3.72. The molecule has 0 bridgehead atoms. The summed E-state index contributed by atoms with van der Waals surface area (Å²) in [5.74, 6) is 0. The fraction of sp³-hybridized carbons (Fsp3) is 0.833. The molecular weight excluding hydrogens is 374 g/mol. The molecule has 0 spiro atoms. The Kier molecular flexibility index (Phi) is 10.9. The van der Waals surface area contributed by atoms with E-state index in [1.165, 1.54) is 21.3 Å². The molecule has 1 amide bonds. The lowest BCUT2D eigenvalue weighted by atomic mass is 9.87. The van der Waals surface area contributed by atoms with E-state index in [0.717, 1.165) is 0 Å². The van der Waals surface area contributed by atoms with Crippen LogP contribution in [0.1, 0.15) is 20.8 Å². The minimum Gasteiger partial charge on any atom is -0.444 e. The minimum absolute atomic E-state index is 0.0178. The van der Waals surface area contributed by atoms with Crippen LogP contribution in [0.4, 0.5) is 4.79 Å². The Labute approximate surface area is 166 Å². The lowest BCUT2D eigenvalue weighted by Gasteiger charge is -2.41. The van der Waals surface area contributed by atoms with E-state index in [0.29, 0.717) is 5.57 Å². The molecule has 1 aliphatic carbocycles. The fourth-order valence-corrected chi connectivity index (χ4v) is 2.74. The van der Waals surface area contributed by atoms with Gasteiger partial charge in [0.1, 0.15) is 44.3 Å². The molecule has 10 nitrogen and oxygen atoms in total. The third kappa shape index (κ3) is 8.00. The summed E-state index contributed by atoms with van der Waals surface area (Å²) in [6.45, 7) is 4.90. The molecule has 1 aliphatic rings. The fourth-order valence-electron chi connectivity index (χ4n) is 2.74. The number of carbonyl (C=O) groups is 1. The number of aliphatic hydroxyl groups excluding tert-OH is 1. The van der Waals surface area contributed by atoms with E-state index in [1.54, 1.807) is 26.8 Å². The lowest BCUT2D eigenvalue weighted by Crippen LogP contribution is -2.58. The van der Waals surface area contributed by atoms with Crippen LogP contribution in [0.3, 0.4) is 0 Å². The summed E-state index contributed by atoms with van der Waals surface area (Å²) >= 11 is 0. The number of methoxy groups -OCH3 is 3. The average Bonchev–Trinajstić information content (AvgIpc) is 2.62. The average molecular weight is 407 g/mol. The van der Waals surface area contributed by atoms with Crippen LogP contribution in [0.2, 0.25) is 0 Å². The summed E-state index contributed by atoms with van der Waals surface area (Å²) in [4.78, 5) is 12.3. The van der Waals surface area contributed by atoms with Gasteiger partial charge in [-0.1, -0.05) is 6.08 Å². The minimum atomic E-state index is -0.711. The number of aliphatic hydroxyl groups is 1. The van der Waals surface area contributed by atoms with Crippen molar-refractivity contribution in [2.75, 3.05) is 48.3 Å². The lowest BCUT2D eigenvalue weighted by molar-refractivity contribution is -0.207. The number of rotatable bonds is 11. The second-order valence-corrected chi connectivity index (χ2v) is 7.14. The number of amides is 1. The van der Waals surface area contributed by atoms with E-state index >= 15 is 0 Å². The van der Waals surface area contributed by atoms with Gasteiger partial charge in [-0.25, -0.2) is 4.79 Å². The van der Waals surface area contributed by atoms with Crippen LogP contribution in [-0.4, -0.2) is 89.5 Å². The smallest absolute Gasteiger partial charge is 0.408 e. The number of alkyl carbamates (subject to hydrolysis) is 1. The Bertz CT molecular complexity index is 492. The molecule has 2 N–H and O–H groups in total. The summed E-state index contributed by atoms with van der Waals surface area (Å²) in [5.41, 5.74) is -0.155. The molecule has 1 rings (SSSR count). The van der Waals surface area contributed by atoms with E-state index < -0.39 is 36.0 Å². The normalized spacial score (nSPS) is 25.3. The molecule has 10 heteroatoms. The third-order valence-electron chi connectivity index (χ3n) is 3.72. The first-order valence-corrected chi connectivity index (χ1v) is 8.90. The predicted molar refractivity (Wildman–Crippen MR) is 98.6 cm³/mol. The number of hydrogen-bond donors (Lipinski definition) is 2. The van der Waals surface area contributed by atoms with E-state index in [4.69, 9.17) is 33.2 Å². The van der Waals surface area contributed by atoms with Gasteiger partial charge in [-0.05, 0) is 26.3 Å². The molecule has 28 heavy (non-hydrogen) atoms. The van der Waals surface area contributed by atoms with Gasteiger partial charge in [-0.3, -0.25) is 0 Å². The molecule has 0 unspecified atom stereocenters. The molecule has 0 fully saturated rings. The number of ether oxygens (including phenoxy) is 7. The second kappa shape index (κ2) is 12.3. The predicted octanol–water partition coefficient (Wildman–Crippen LogP) is 0.779. The van der Waals surface area contributed by atoms with Gasteiger partial charge in [-0.2, -0.15) is 0 Å². The molecule has 0 aromatic rings. The van der Waals surface area contributed by atoms with Gasteiger partial charge in [0.25, 0.3) is 0 Å². The SMILES string of the molecule is COCO[C@@H]1[C@@H](OCOC)[C@@H](OCOC)C(CO)=C[C@@H]1NC(=O)OC(C)(C)C. The van der Waals surface area contributed by atoms with Gasteiger partial charge in [0.2, 0.25) is 0 Å². The van der Waals surface area contributed by atoms with Gasteiger partial charge in [0.05, 0.1) is 12.6 Å². The summed E-state index contributed by atoms with van der Waals surface area (Å²) in [7, 11) is 4.46. The van der Waals surface area contributed by atoms with Gasteiger partial charge >= 0.3 is 6.09 Å². The number of carbonyl (C=O) groups excluding carboxylic acids is 1. The first-order valence-electron chi connectivity index (χ1n) is 8.90. The van der Waals surface area contributed by atoms with Crippen LogP contribution in [0.5, 0.6) is 0 Å². The highest BCUT2D eigenvalue weighted by Gasteiger charge is 2.43.